The molecule has 2 aromatic rings. The van der Waals surface area contributed by atoms with Gasteiger partial charge >= 0.3 is 11.9 Å². The van der Waals surface area contributed by atoms with Crippen LogP contribution in [-0.4, -0.2) is 41.6 Å². The summed E-state index contributed by atoms with van der Waals surface area (Å²) in [7, 11) is -0.0706. The summed E-state index contributed by atoms with van der Waals surface area (Å²) in [5, 5.41) is 0. The van der Waals surface area contributed by atoms with Gasteiger partial charge in [0.05, 0.1) is 26.0 Å². The number of furan rings is 1. The second-order valence-electron chi connectivity index (χ2n) is 4.90. The summed E-state index contributed by atoms with van der Waals surface area (Å²) in [6.45, 7) is -0.323. The van der Waals surface area contributed by atoms with Crippen LogP contribution in [0.5, 0.6) is 5.75 Å². The molecule has 1 N–H and O–H groups in total. The van der Waals surface area contributed by atoms with Crippen LogP contribution in [0.25, 0.3) is 0 Å². The molecule has 26 heavy (non-hydrogen) atoms. The van der Waals surface area contributed by atoms with Gasteiger partial charge < -0.3 is 18.6 Å². The molecule has 10 heteroatoms. The van der Waals surface area contributed by atoms with Crippen LogP contribution < -0.4 is 9.46 Å². The smallest absolute Gasteiger partial charge is 0.341 e. The van der Waals surface area contributed by atoms with E-state index in [0.717, 1.165) is 6.07 Å². The van der Waals surface area contributed by atoms with Gasteiger partial charge in [0.2, 0.25) is 10.0 Å². The van der Waals surface area contributed by atoms with Crippen molar-refractivity contribution in [3.8, 4) is 5.75 Å². The van der Waals surface area contributed by atoms with Gasteiger partial charge in [-0.15, -0.1) is 0 Å². The fraction of sp³-hybridized carbons (Fsp3) is 0.250. The van der Waals surface area contributed by atoms with Gasteiger partial charge in [0, 0.05) is 0 Å². The van der Waals surface area contributed by atoms with Crippen molar-refractivity contribution in [1.82, 2.24) is 4.72 Å². The first-order valence-corrected chi connectivity index (χ1v) is 8.75. The first-order chi connectivity index (χ1) is 12.3. The van der Waals surface area contributed by atoms with Crippen LogP contribution in [0.1, 0.15) is 26.5 Å². The molecular weight excluding hydrogens is 366 g/mol. The number of methoxy groups -OCH3 is 2. The van der Waals surface area contributed by atoms with E-state index in [1.54, 1.807) is 0 Å². The van der Waals surface area contributed by atoms with Crippen molar-refractivity contribution in [2.75, 3.05) is 21.3 Å². The van der Waals surface area contributed by atoms with E-state index in [0.29, 0.717) is 0 Å². The highest BCUT2D eigenvalue weighted by Crippen LogP contribution is 2.25. The molecule has 9 nitrogen and oxygen atoms in total. The van der Waals surface area contributed by atoms with Crippen molar-refractivity contribution in [2.24, 2.45) is 0 Å². The van der Waals surface area contributed by atoms with Gasteiger partial charge in [-0.05, 0) is 31.3 Å². The van der Waals surface area contributed by atoms with Crippen LogP contribution in [0.2, 0.25) is 0 Å². The average molecular weight is 383 g/mol. The quantitative estimate of drug-likeness (QED) is 0.711. The first kappa shape index (κ1) is 19.5. The average Bonchev–Trinajstić information content (AvgIpc) is 3.13. The lowest BCUT2D eigenvalue weighted by atomic mass is 10.2. The Morgan fingerprint density at radius 2 is 1.88 bits per heavy atom. The normalized spacial score (nSPS) is 11.0. The number of hydrogen-bond donors (Lipinski definition) is 1. The molecule has 0 amide bonds. The SMILES string of the molecule is CNS(=O)(=O)c1cc(C(=O)OCc2occc2C(=O)OC)ccc1OC. The molecule has 0 saturated carbocycles. The number of rotatable bonds is 7. The Balaban J connectivity index is 2.22. The maximum absolute atomic E-state index is 12.2. The Morgan fingerprint density at radius 3 is 2.50 bits per heavy atom. The zero-order chi connectivity index (χ0) is 19.3. The van der Waals surface area contributed by atoms with E-state index in [9.17, 15) is 18.0 Å². The predicted octanol–water partition coefficient (Wildman–Crippen LogP) is 1.34. The number of carbonyl (C=O) groups excluding carboxylic acids is 2. The zero-order valence-electron chi connectivity index (χ0n) is 14.3. The maximum atomic E-state index is 12.2. The van der Waals surface area contributed by atoms with Crippen molar-refractivity contribution >= 4 is 22.0 Å². The highest BCUT2D eigenvalue weighted by atomic mass is 32.2. The largest absolute Gasteiger partial charge is 0.495 e. The molecule has 0 bridgehead atoms. The minimum Gasteiger partial charge on any atom is -0.495 e. The van der Waals surface area contributed by atoms with Crippen molar-refractivity contribution in [3.05, 3.63) is 47.4 Å². The summed E-state index contributed by atoms with van der Waals surface area (Å²) in [5.41, 5.74) is 0.124. The second-order valence-corrected chi connectivity index (χ2v) is 6.75. The van der Waals surface area contributed by atoms with E-state index in [1.807, 2.05) is 0 Å². The van der Waals surface area contributed by atoms with Crippen LogP contribution in [0.15, 0.2) is 39.8 Å². The molecule has 0 aliphatic carbocycles. The Labute approximate surface area is 149 Å². The van der Waals surface area contributed by atoms with Crippen LogP contribution in [-0.2, 0) is 26.1 Å². The molecule has 0 unspecified atom stereocenters. The highest BCUT2D eigenvalue weighted by molar-refractivity contribution is 7.89. The van der Waals surface area contributed by atoms with Gasteiger partial charge in [-0.2, -0.15) is 0 Å². The predicted molar refractivity (Wildman–Crippen MR) is 88.4 cm³/mol. The van der Waals surface area contributed by atoms with E-state index >= 15 is 0 Å². The van der Waals surface area contributed by atoms with Gasteiger partial charge in [-0.25, -0.2) is 22.7 Å². The molecule has 0 spiro atoms. The third-order valence-electron chi connectivity index (χ3n) is 3.44. The Kier molecular flexibility index (Phi) is 6.01. The fourth-order valence-corrected chi connectivity index (χ4v) is 3.00. The topological polar surface area (TPSA) is 121 Å². The molecule has 0 radical (unpaired) electrons. The van der Waals surface area contributed by atoms with Gasteiger partial charge in [-0.3, -0.25) is 0 Å². The third kappa shape index (κ3) is 4.03. The summed E-state index contributed by atoms with van der Waals surface area (Å²) < 4.78 is 46.0. The zero-order valence-corrected chi connectivity index (χ0v) is 15.1. The van der Waals surface area contributed by atoms with Crippen molar-refractivity contribution in [1.29, 1.82) is 0 Å². The molecule has 0 fully saturated rings. The van der Waals surface area contributed by atoms with Gasteiger partial charge in [0.1, 0.15) is 16.2 Å². The number of nitrogens with one attached hydrogen (secondary N) is 1. The molecule has 0 atom stereocenters. The number of esters is 2. The van der Waals surface area contributed by atoms with E-state index in [1.165, 1.54) is 45.7 Å². The van der Waals surface area contributed by atoms with Crippen LogP contribution in [0.3, 0.4) is 0 Å². The van der Waals surface area contributed by atoms with Crippen molar-refractivity contribution < 1.29 is 36.6 Å². The number of carbonyl (C=O) groups is 2. The monoisotopic (exact) mass is 383 g/mol. The molecular formula is C16H17NO8S. The van der Waals surface area contributed by atoms with Crippen LogP contribution in [0.4, 0.5) is 0 Å². The van der Waals surface area contributed by atoms with Gasteiger partial charge in [0.15, 0.2) is 12.4 Å². The van der Waals surface area contributed by atoms with Gasteiger partial charge in [0.25, 0.3) is 0 Å². The minimum absolute atomic E-state index is 0.00852. The number of benzene rings is 1. The first-order valence-electron chi connectivity index (χ1n) is 7.27. The molecule has 1 heterocycles. The van der Waals surface area contributed by atoms with E-state index in [4.69, 9.17) is 13.9 Å². The van der Waals surface area contributed by atoms with Crippen molar-refractivity contribution in [3.63, 3.8) is 0 Å². The van der Waals surface area contributed by atoms with E-state index in [2.05, 4.69) is 9.46 Å². The number of sulfonamides is 1. The lowest BCUT2D eigenvalue weighted by molar-refractivity contribution is 0.0432. The van der Waals surface area contributed by atoms with E-state index in [-0.39, 0.29) is 34.1 Å². The molecule has 140 valence electrons. The highest BCUT2D eigenvalue weighted by Gasteiger charge is 2.22. The second kappa shape index (κ2) is 8.02. The number of ether oxygens (including phenoxy) is 3. The molecule has 0 aliphatic heterocycles. The molecule has 2 rings (SSSR count). The molecule has 0 saturated heterocycles. The fourth-order valence-electron chi connectivity index (χ4n) is 2.08. The molecule has 0 aliphatic rings. The lowest BCUT2D eigenvalue weighted by Crippen LogP contribution is -2.20. The lowest BCUT2D eigenvalue weighted by Gasteiger charge is -2.10. The summed E-state index contributed by atoms with van der Waals surface area (Å²) >= 11 is 0. The van der Waals surface area contributed by atoms with Crippen molar-refractivity contribution in [2.45, 2.75) is 11.5 Å². The van der Waals surface area contributed by atoms with Gasteiger partial charge in [-0.1, -0.05) is 0 Å². The van der Waals surface area contributed by atoms with Crippen LogP contribution >= 0.6 is 0 Å². The summed E-state index contributed by atoms with van der Waals surface area (Å²) in [6, 6.07) is 5.23. The Morgan fingerprint density at radius 1 is 1.15 bits per heavy atom. The molecule has 1 aromatic carbocycles. The Bertz CT molecular complexity index is 916. The summed E-state index contributed by atoms with van der Waals surface area (Å²) in [6.07, 6.45) is 1.26. The standard InChI is InChI=1S/C16H17NO8S/c1-17-26(20,21)14-8-10(4-5-12(14)22-2)15(18)25-9-13-11(6-7-24-13)16(19)23-3/h4-8,17H,9H2,1-3H3. The van der Waals surface area contributed by atoms with Crippen LogP contribution in [0, 0.1) is 0 Å². The summed E-state index contributed by atoms with van der Waals surface area (Å²) in [4.78, 5) is 23.6. The third-order valence-corrected chi connectivity index (χ3v) is 4.88. The minimum atomic E-state index is -3.84. The maximum Gasteiger partial charge on any atom is 0.341 e. The van der Waals surface area contributed by atoms with E-state index < -0.39 is 22.0 Å². The molecule has 1 aromatic heterocycles. The summed E-state index contributed by atoms with van der Waals surface area (Å²) in [5.74, 6) is -1.24. The Hall–Kier alpha value is -2.85. The number of hydrogen-bond acceptors (Lipinski definition) is 8.